The molecule has 1 aromatic heterocycles. The summed E-state index contributed by atoms with van der Waals surface area (Å²) in [6, 6.07) is 10.8. The second kappa shape index (κ2) is 10.3. The van der Waals surface area contributed by atoms with Crippen molar-refractivity contribution in [3.05, 3.63) is 53.2 Å². The van der Waals surface area contributed by atoms with Crippen molar-refractivity contribution in [3.63, 3.8) is 0 Å². The molecule has 3 heterocycles. The number of hydrogen-bond acceptors (Lipinski definition) is 4. The first kappa shape index (κ1) is 20.5. The van der Waals surface area contributed by atoms with E-state index in [-0.39, 0.29) is 0 Å². The molecule has 30 heavy (non-hydrogen) atoms. The van der Waals surface area contributed by atoms with Gasteiger partial charge in [-0.05, 0) is 48.1 Å². The third kappa shape index (κ3) is 5.43. The first-order valence-electron chi connectivity index (χ1n) is 11.2. The summed E-state index contributed by atoms with van der Waals surface area (Å²) >= 11 is 0. The molecule has 0 bridgehead atoms. The molecule has 0 amide bonds. The summed E-state index contributed by atoms with van der Waals surface area (Å²) < 4.78 is 5.58. The van der Waals surface area contributed by atoms with E-state index in [1.54, 1.807) is 0 Å². The number of nitrogens with one attached hydrogen (secondary N) is 2. The fraction of sp³-hybridized carbons (Fsp3) is 0.500. The van der Waals surface area contributed by atoms with E-state index in [4.69, 9.17) is 9.72 Å². The third-order valence-corrected chi connectivity index (χ3v) is 5.88. The second-order valence-electron chi connectivity index (χ2n) is 8.07. The number of nitrogens with zero attached hydrogens (tertiary/aromatic N) is 3. The number of ether oxygens (including phenoxy) is 1. The van der Waals surface area contributed by atoms with Crippen molar-refractivity contribution in [3.8, 4) is 5.75 Å². The molecule has 2 aliphatic rings. The molecule has 2 aliphatic heterocycles. The van der Waals surface area contributed by atoms with Crippen LogP contribution in [0.25, 0.3) is 0 Å². The quantitative estimate of drug-likeness (QED) is 0.568. The molecule has 2 aromatic rings. The average Bonchev–Trinajstić information content (AvgIpc) is 3.08. The Hall–Kier alpha value is -2.76. The molecule has 1 saturated heterocycles. The molecule has 6 nitrogen and oxygen atoms in total. The normalized spacial score (nSPS) is 16.6. The highest BCUT2D eigenvalue weighted by atomic mass is 16.5. The number of rotatable bonds is 6. The topological polar surface area (TPSA) is 61.8 Å². The summed E-state index contributed by atoms with van der Waals surface area (Å²) in [4.78, 5) is 11.4. The molecule has 1 aromatic carbocycles. The van der Waals surface area contributed by atoms with Gasteiger partial charge in [0, 0.05) is 45.8 Å². The van der Waals surface area contributed by atoms with Crippen LogP contribution in [0.2, 0.25) is 0 Å². The van der Waals surface area contributed by atoms with Crippen LogP contribution < -0.4 is 20.3 Å². The lowest BCUT2D eigenvalue weighted by Gasteiger charge is -2.21. The van der Waals surface area contributed by atoms with Gasteiger partial charge in [0.25, 0.3) is 0 Å². The lowest BCUT2D eigenvalue weighted by atomic mass is 10.1. The van der Waals surface area contributed by atoms with Crippen molar-refractivity contribution in [2.45, 2.75) is 45.1 Å². The summed E-state index contributed by atoms with van der Waals surface area (Å²) in [6.45, 7) is 4.60. The average molecular weight is 408 g/mol. The van der Waals surface area contributed by atoms with E-state index in [0.717, 1.165) is 62.2 Å². The molecular formula is C24H33N5O. The zero-order valence-electron chi connectivity index (χ0n) is 18.0. The van der Waals surface area contributed by atoms with Gasteiger partial charge in [0.2, 0.25) is 0 Å². The third-order valence-electron chi connectivity index (χ3n) is 5.88. The van der Waals surface area contributed by atoms with Gasteiger partial charge in [0.15, 0.2) is 5.96 Å². The highest BCUT2D eigenvalue weighted by Gasteiger charge is 2.12. The molecule has 2 N–H and O–H groups in total. The molecule has 160 valence electrons. The number of aliphatic imine (C=N–C) groups is 1. The number of guanidine groups is 1. The molecule has 0 radical (unpaired) electrons. The maximum atomic E-state index is 5.58. The minimum atomic E-state index is 0.711. The molecule has 0 unspecified atom stereocenters. The number of aromatic nitrogens is 1. The van der Waals surface area contributed by atoms with E-state index in [9.17, 15) is 0 Å². The van der Waals surface area contributed by atoms with Crippen LogP contribution in [0.1, 0.15) is 42.4 Å². The fourth-order valence-corrected chi connectivity index (χ4v) is 4.14. The van der Waals surface area contributed by atoms with E-state index in [0.29, 0.717) is 6.54 Å². The van der Waals surface area contributed by atoms with Crippen molar-refractivity contribution < 1.29 is 4.74 Å². The van der Waals surface area contributed by atoms with Gasteiger partial charge in [-0.25, -0.2) is 4.98 Å². The Bertz CT molecular complexity index is 841. The zero-order valence-corrected chi connectivity index (χ0v) is 18.0. The van der Waals surface area contributed by atoms with Gasteiger partial charge in [0.1, 0.15) is 11.6 Å². The smallest absolute Gasteiger partial charge is 0.191 e. The number of fused-ring (bicyclic) bond motifs is 1. The predicted octanol–water partition coefficient (Wildman–Crippen LogP) is 3.30. The Morgan fingerprint density at radius 3 is 2.67 bits per heavy atom. The number of anilines is 1. The maximum Gasteiger partial charge on any atom is 0.191 e. The molecule has 4 rings (SSSR count). The van der Waals surface area contributed by atoms with Crippen LogP contribution in [0.5, 0.6) is 5.75 Å². The Labute approximate surface area is 179 Å². The number of benzene rings is 1. The Morgan fingerprint density at radius 2 is 1.90 bits per heavy atom. The van der Waals surface area contributed by atoms with Crippen LogP contribution >= 0.6 is 0 Å². The van der Waals surface area contributed by atoms with E-state index >= 15 is 0 Å². The van der Waals surface area contributed by atoms with Gasteiger partial charge in [0.05, 0.1) is 6.61 Å². The summed E-state index contributed by atoms with van der Waals surface area (Å²) in [5.74, 6) is 2.96. The second-order valence-corrected chi connectivity index (χ2v) is 8.07. The molecule has 6 heteroatoms. The first-order chi connectivity index (χ1) is 14.8. The minimum absolute atomic E-state index is 0.711. The molecule has 1 fully saturated rings. The molecule has 0 atom stereocenters. The zero-order chi connectivity index (χ0) is 20.6. The van der Waals surface area contributed by atoms with E-state index < -0.39 is 0 Å². The monoisotopic (exact) mass is 407 g/mol. The molecular weight excluding hydrogens is 374 g/mol. The number of pyridine rings is 1. The van der Waals surface area contributed by atoms with Crippen molar-refractivity contribution in [2.75, 3.05) is 38.2 Å². The lowest BCUT2D eigenvalue weighted by Crippen LogP contribution is -2.37. The summed E-state index contributed by atoms with van der Waals surface area (Å²) in [6.07, 6.45) is 9.17. The van der Waals surface area contributed by atoms with Crippen molar-refractivity contribution in [1.29, 1.82) is 0 Å². The SMILES string of the molecule is CN=C(NCCc1ccc2c(c1)CCO2)NCc1ccc(N2CCCCCC2)nc1. The molecule has 0 spiro atoms. The first-order valence-corrected chi connectivity index (χ1v) is 11.2. The maximum absolute atomic E-state index is 5.58. The molecule has 0 aliphatic carbocycles. The van der Waals surface area contributed by atoms with Crippen molar-refractivity contribution in [2.24, 2.45) is 4.99 Å². The standard InChI is InChI=1S/C24H33N5O/c1-25-24(26-12-10-19-6-8-22-21(16-19)11-15-30-22)28-18-20-7-9-23(27-17-20)29-13-4-2-3-5-14-29/h6-9,16-17H,2-5,10-15,18H2,1H3,(H2,25,26,28). The van der Waals surface area contributed by atoms with Crippen LogP contribution in [0.3, 0.4) is 0 Å². The number of hydrogen-bond donors (Lipinski definition) is 2. The van der Waals surface area contributed by atoms with Crippen LogP contribution in [0.4, 0.5) is 5.82 Å². The summed E-state index contributed by atoms with van der Waals surface area (Å²) in [5.41, 5.74) is 3.82. The summed E-state index contributed by atoms with van der Waals surface area (Å²) in [5, 5.41) is 6.79. The van der Waals surface area contributed by atoms with E-state index in [2.05, 4.69) is 50.9 Å². The highest BCUT2D eigenvalue weighted by Crippen LogP contribution is 2.25. The predicted molar refractivity (Wildman–Crippen MR) is 122 cm³/mol. The Kier molecular flexibility index (Phi) is 7.06. The Balaban J connectivity index is 1.22. The fourth-order valence-electron chi connectivity index (χ4n) is 4.14. The van der Waals surface area contributed by atoms with Gasteiger partial charge in [-0.3, -0.25) is 4.99 Å². The van der Waals surface area contributed by atoms with E-state index in [1.807, 2.05) is 13.2 Å². The Morgan fingerprint density at radius 1 is 1.07 bits per heavy atom. The summed E-state index contributed by atoms with van der Waals surface area (Å²) in [7, 11) is 1.81. The molecule has 0 saturated carbocycles. The minimum Gasteiger partial charge on any atom is -0.493 e. The van der Waals surface area contributed by atoms with Crippen molar-refractivity contribution >= 4 is 11.8 Å². The van der Waals surface area contributed by atoms with Gasteiger partial charge >= 0.3 is 0 Å². The lowest BCUT2D eigenvalue weighted by molar-refractivity contribution is 0.357. The largest absolute Gasteiger partial charge is 0.493 e. The van der Waals surface area contributed by atoms with Gasteiger partial charge in [-0.1, -0.05) is 31.0 Å². The van der Waals surface area contributed by atoms with Crippen LogP contribution in [-0.4, -0.2) is 44.2 Å². The van der Waals surface area contributed by atoms with Crippen LogP contribution in [0.15, 0.2) is 41.5 Å². The van der Waals surface area contributed by atoms with E-state index in [1.165, 1.54) is 36.8 Å². The van der Waals surface area contributed by atoms with Gasteiger partial charge in [-0.2, -0.15) is 0 Å². The van der Waals surface area contributed by atoms with Gasteiger partial charge in [-0.15, -0.1) is 0 Å². The highest BCUT2D eigenvalue weighted by molar-refractivity contribution is 5.79. The van der Waals surface area contributed by atoms with Crippen LogP contribution in [0, 0.1) is 0 Å². The van der Waals surface area contributed by atoms with Gasteiger partial charge < -0.3 is 20.3 Å². The van der Waals surface area contributed by atoms with Crippen LogP contribution in [-0.2, 0) is 19.4 Å². The van der Waals surface area contributed by atoms with Crippen molar-refractivity contribution in [1.82, 2.24) is 15.6 Å².